The number of rotatable bonds is 7. The average Bonchev–Trinajstić information content (AvgIpc) is 3.31. The number of halogens is 4. The summed E-state index contributed by atoms with van der Waals surface area (Å²) in [5.74, 6) is -4.17. The van der Waals surface area contributed by atoms with Crippen molar-refractivity contribution in [3.05, 3.63) is 35.1 Å². The summed E-state index contributed by atoms with van der Waals surface area (Å²) in [5.41, 5.74) is -0.729. The topological polar surface area (TPSA) is 140 Å². The maximum Gasteiger partial charge on any atom is 0.416 e. The third-order valence-corrected chi connectivity index (χ3v) is 5.69. The molecule has 2 aliphatic rings. The number of carboxylic acids is 2. The first-order valence-electron chi connectivity index (χ1n) is 10.6. The molecule has 0 saturated carbocycles. The minimum Gasteiger partial charge on any atom is -0.479 e. The Balaban J connectivity index is 0.000000347. The molecule has 1 aromatic carbocycles. The van der Waals surface area contributed by atoms with Gasteiger partial charge in [0, 0.05) is 38.4 Å². The van der Waals surface area contributed by atoms with Gasteiger partial charge in [-0.05, 0) is 49.6 Å². The lowest BCUT2D eigenvalue weighted by Crippen LogP contribution is -2.46. The van der Waals surface area contributed by atoms with E-state index in [1.807, 2.05) is 0 Å². The third kappa shape index (κ3) is 7.87. The Morgan fingerprint density at radius 1 is 1.06 bits per heavy atom. The predicted octanol–water partition coefficient (Wildman–Crippen LogP) is 1.06. The molecule has 2 heterocycles. The molecule has 0 unspecified atom stereocenters. The summed E-state index contributed by atoms with van der Waals surface area (Å²) in [7, 11) is 0. The molecule has 0 radical (unpaired) electrons. The smallest absolute Gasteiger partial charge is 0.416 e. The second kappa shape index (κ2) is 12.4. The van der Waals surface area contributed by atoms with E-state index in [0.717, 1.165) is 50.6 Å². The number of hydrogen-bond acceptors (Lipinski definition) is 7. The zero-order valence-electron chi connectivity index (χ0n) is 18.2. The van der Waals surface area contributed by atoms with E-state index in [9.17, 15) is 27.2 Å². The van der Waals surface area contributed by atoms with Crippen molar-refractivity contribution >= 4 is 11.9 Å². The molecule has 2 fully saturated rings. The van der Waals surface area contributed by atoms with Gasteiger partial charge in [-0.3, -0.25) is 4.90 Å². The molecule has 0 spiro atoms. The number of alkyl halides is 3. The highest BCUT2D eigenvalue weighted by atomic mass is 19.4. The van der Waals surface area contributed by atoms with Gasteiger partial charge >= 0.3 is 18.1 Å². The molecular weight excluding hydrogens is 468 g/mol. The summed E-state index contributed by atoms with van der Waals surface area (Å²) in [4.78, 5) is 21.7. The van der Waals surface area contributed by atoms with Gasteiger partial charge in [0.2, 0.25) is 0 Å². The minimum absolute atomic E-state index is 0.0147. The van der Waals surface area contributed by atoms with E-state index in [2.05, 4.69) is 10.2 Å². The van der Waals surface area contributed by atoms with Gasteiger partial charge in [-0.1, -0.05) is 0 Å². The highest BCUT2D eigenvalue weighted by Crippen LogP contribution is 2.34. The van der Waals surface area contributed by atoms with E-state index < -0.39 is 41.7 Å². The molecule has 13 heteroatoms. The van der Waals surface area contributed by atoms with E-state index in [1.165, 1.54) is 0 Å². The number of carboxylic acid groups (broad SMARTS) is 2. The average molecular weight is 496 g/mol. The van der Waals surface area contributed by atoms with Crippen LogP contribution in [0.15, 0.2) is 18.2 Å². The number of hydrogen-bond donors (Lipinski definition) is 5. The lowest BCUT2D eigenvalue weighted by molar-refractivity contribution is -0.165. The first-order chi connectivity index (χ1) is 15.9. The van der Waals surface area contributed by atoms with Crippen LogP contribution in [0.25, 0.3) is 0 Å². The van der Waals surface area contributed by atoms with Crippen molar-refractivity contribution in [2.45, 2.75) is 56.3 Å². The van der Waals surface area contributed by atoms with Crippen LogP contribution in [0.2, 0.25) is 0 Å². The van der Waals surface area contributed by atoms with E-state index in [1.54, 1.807) is 0 Å². The second-order valence-corrected chi connectivity index (χ2v) is 8.03. The first kappa shape index (κ1) is 27.9. The van der Waals surface area contributed by atoms with E-state index in [0.29, 0.717) is 13.2 Å². The van der Waals surface area contributed by atoms with Crippen LogP contribution >= 0.6 is 0 Å². The predicted molar refractivity (Wildman–Crippen MR) is 109 cm³/mol. The molecule has 192 valence electrons. The molecule has 0 bridgehead atoms. The third-order valence-electron chi connectivity index (χ3n) is 5.69. The van der Waals surface area contributed by atoms with Crippen LogP contribution in [-0.2, 0) is 27.0 Å². The Labute approximate surface area is 192 Å². The Bertz CT molecular complexity index is 810. The molecule has 9 nitrogen and oxygen atoms in total. The van der Waals surface area contributed by atoms with E-state index in [-0.39, 0.29) is 24.2 Å². The van der Waals surface area contributed by atoms with Gasteiger partial charge in [0.1, 0.15) is 5.82 Å². The lowest BCUT2D eigenvalue weighted by Gasteiger charge is -2.38. The highest BCUT2D eigenvalue weighted by Gasteiger charge is 2.36. The van der Waals surface area contributed by atoms with Gasteiger partial charge in [0.25, 0.3) is 0 Å². The van der Waals surface area contributed by atoms with Crippen molar-refractivity contribution in [1.29, 1.82) is 0 Å². The maximum absolute atomic E-state index is 13.6. The van der Waals surface area contributed by atoms with Gasteiger partial charge in [-0.15, -0.1) is 0 Å². The van der Waals surface area contributed by atoms with Crippen LogP contribution in [0, 0.1) is 5.82 Å². The van der Waals surface area contributed by atoms with Crippen molar-refractivity contribution in [3.8, 4) is 0 Å². The number of aliphatic carboxylic acids is 2. The quantitative estimate of drug-likeness (QED) is 0.351. The molecule has 2 aliphatic heterocycles. The van der Waals surface area contributed by atoms with E-state index >= 15 is 0 Å². The molecule has 3 rings (SSSR count). The number of aliphatic hydroxyl groups is 2. The fourth-order valence-electron chi connectivity index (χ4n) is 3.93. The fraction of sp³-hybridized carbons (Fsp3) is 0.619. The van der Waals surface area contributed by atoms with Crippen molar-refractivity contribution in [3.63, 3.8) is 0 Å². The van der Waals surface area contributed by atoms with E-state index in [4.69, 9.17) is 25.2 Å². The lowest BCUT2D eigenvalue weighted by atomic mass is 10.00. The van der Waals surface area contributed by atoms with Crippen molar-refractivity contribution in [2.75, 3.05) is 26.3 Å². The SMILES string of the molecule is Fc1ccc(C(F)(F)F)c(CN(C2CCOCC2)[C@H]2CCNC2)c1.O=C(O)[C@H](O)[C@@H](O)C(=O)O. The van der Waals surface area contributed by atoms with Crippen LogP contribution in [0.1, 0.15) is 30.4 Å². The number of benzene rings is 1. The summed E-state index contributed by atoms with van der Waals surface area (Å²) >= 11 is 0. The van der Waals surface area contributed by atoms with Gasteiger partial charge in [-0.25, -0.2) is 14.0 Å². The van der Waals surface area contributed by atoms with Crippen molar-refractivity contribution in [1.82, 2.24) is 10.2 Å². The molecule has 1 aromatic rings. The molecule has 0 amide bonds. The van der Waals surface area contributed by atoms with Crippen LogP contribution in [0.3, 0.4) is 0 Å². The molecule has 0 aliphatic carbocycles. The van der Waals surface area contributed by atoms with Crippen molar-refractivity contribution < 1.29 is 52.3 Å². The van der Waals surface area contributed by atoms with Crippen LogP contribution < -0.4 is 5.32 Å². The van der Waals surface area contributed by atoms with Crippen LogP contribution in [-0.4, -0.2) is 87.9 Å². The Morgan fingerprint density at radius 2 is 1.65 bits per heavy atom. The first-order valence-corrected chi connectivity index (χ1v) is 10.6. The van der Waals surface area contributed by atoms with Crippen LogP contribution in [0.4, 0.5) is 17.6 Å². The number of ether oxygens (including phenoxy) is 1. The Kier molecular flexibility index (Phi) is 10.2. The fourth-order valence-corrected chi connectivity index (χ4v) is 3.93. The summed E-state index contributed by atoms with van der Waals surface area (Å²) < 4.78 is 58.8. The monoisotopic (exact) mass is 496 g/mol. The molecular formula is C21H28F4N2O7. The Morgan fingerprint density at radius 3 is 2.12 bits per heavy atom. The van der Waals surface area contributed by atoms with Gasteiger partial charge in [-0.2, -0.15) is 13.2 Å². The van der Waals surface area contributed by atoms with Crippen LogP contribution in [0.5, 0.6) is 0 Å². The molecule has 34 heavy (non-hydrogen) atoms. The zero-order chi connectivity index (χ0) is 25.5. The summed E-state index contributed by atoms with van der Waals surface area (Å²) in [6.45, 7) is 2.98. The normalized spacial score (nSPS) is 21.0. The standard InChI is InChI=1S/C17H22F4N2O.C4H6O6/c18-13-1-2-16(17(19,20)21)12(9-13)11-23(15-3-6-22-10-15)14-4-7-24-8-5-14;5-1(3(7)8)2(6)4(9)10/h1-2,9,14-15,22H,3-8,10-11H2;1-2,5-6H,(H,7,8)(H,9,10)/t15-;1-,2-/m01/s1. The van der Waals surface area contributed by atoms with Gasteiger partial charge in [0.05, 0.1) is 5.56 Å². The molecule has 0 aromatic heterocycles. The summed E-state index contributed by atoms with van der Waals surface area (Å²) in [5, 5.41) is 35.8. The minimum atomic E-state index is -4.47. The summed E-state index contributed by atoms with van der Waals surface area (Å²) in [6, 6.07) is 3.10. The summed E-state index contributed by atoms with van der Waals surface area (Å²) in [6.07, 6.45) is -6.51. The highest BCUT2D eigenvalue weighted by molar-refractivity contribution is 5.83. The zero-order valence-corrected chi connectivity index (χ0v) is 18.2. The Hall–Kier alpha value is -2.32. The second-order valence-electron chi connectivity index (χ2n) is 8.03. The van der Waals surface area contributed by atoms with Gasteiger partial charge in [0.15, 0.2) is 12.2 Å². The van der Waals surface area contributed by atoms with Gasteiger partial charge < -0.3 is 30.5 Å². The molecule has 3 atom stereocenters. The largest absolute Gasteiger partial charge is 0.479 e. The molecule has 2 saturated heterocycles. The maximum atomic E-state index is 13.6. The number of carbonyl (C=O) groups is 2. The number of aliphatic hydroxyl groups excluding tert-OH is 2. The molecule has 5 N–H and O–H groups in total. The number of nitrogens with zero attached hydrogens (tertiary/aromatic N) is 1. The van der Waals surface area contributed by atoms with Crippen molar-refractivity contribution in [2.24, 2.45) is 0 Å². The number of nitrogens with one attached hydrogen (secondary N) is 1.